The van der Waals surface area contributed by atoms with Crippen molar-refractivity contribution in [2.24, 2.45) is 5.92 Å². The molecule has 46 heavy (non-hydrogen) atoms. The molecule has 0 saturated heterocycles. The van der Waals surface area contributed by atoms with Crippen molar-refractivity contribution in [3.8, 4) is 17.6 Å². The molecule has 0 aliphatic carbocycles. The number of nitrogens with zero attached hydrogens (tertiary/aromatic N) is 2. The number of nitrogens with one attached hydrogen (secondary N) is 2. The van der Waals surface area contributed by atoms with Crippen LogP contribution in [0.1, 0.15) is 99.1 Å². The van der Waals surface area contributed by atoms with Crippen LogP contribution in [-0.4, -0.2) is 84.4 Å². The molecule has 2 aromatic carbocycles. The standard InChI is InChI=1S/C35H52N4O6S/c1-7-11-19-39(37-46(44,45)25-26(5)6)24-33(41)32(22-27-13-15-31(40)16-14-27)36-34(42)29-20-28(12-8-2)21-30(23-29)35(43)38(17-9-3)18-10-4/h13-16,20-21,23,26,32-33,37,40-41H,7,9-11,17-19,22,24-25H2,1-6H3,(H,36,42). The summed E-state index contributed by atoms with van der Waals surface area (Å²) in [7, 11) is -3.65. The van der Waals surface area contributed by atoms with Crippen molar-refractivity contribution in [1.82, 2.24) is 20.1 Å². The van der Waals surface area contributed by atoms with E-state index in [0.717, 1.165) is 24.8 Å². The van der Waals surface area contributed by atoms with E-state index >= 15 is 0 Å². The maximum atomic E-state index is 13.8. The fourth-order valence-electron chi connectivity index (χ4n) is 5.11. The first-order chi connectivity index (χ1) is 21.8. The second kappa shape index (κ2) is 19.3. The van der Waals surface area contributed by atoms with Gasteiger partial charge in [0.2, 0.25) is 10.0 Å². The van der Waals surface area contributed by atoms with E-state index in [2.05, 4.69) is 22.0 Å². The Morgan fingerprint density at radius 2 is 1.57 bits per heavy atom. The molecule has 0 bridgehead atoms. The van der Waals surface area contributed by atoms with E-state index in [0.29, 0.717) is 37.2 Å². The summed E-state index contributed by atoms with van der Waals surface area (Å²) in [6, 6.07) is 10.5. The number of unbranched alkanes of at least 4 members (excludes halogenated alkanes) is 1. The number of benzene rings is 2. The van der Waals surface area contributed by atoms with Crippen molar-refractivity contribution in [3.63, 3.8) is 0 Å². The van der Waals surface area contributed by atoms with Gasteiger partial charge in [0.25, 0.3) is 11.8 Å². The molecule has 0 saturated carbocycles. The van der Waals surface area contributed by atoms with E-state index in [9.17, 15) is 28.2 Å². The number of hydrogen-bond donors (Lipinski definition) is 4. The molecule has 2 unspecified atom stereocenters. The monoisotopic (exact) mass is 656 g/mol. The normalized spacial score (nSPS) is 12.8. The summed E-state index contributed by atoms with van der Waals surface area (Å²) in [5.41, 5.74) is 1.85. The molecule has 2 rings (SSSR count). The van der Waals surface area contributed by atoms with Crippen molar-refractivity contribution < 1.29 is 28.2 Å². The zero-order chi connectivity index (χ0) is 34.3. The molecule has 2 aromatic rings. The number of carbonyl (C=O) groups is 2. The summed E-state index contributed by atoms with van der Waals surface area (Å²) in [6.45, 7) is 12.8. The Kier molecular flexibility index (Phi) is 16.2. The predicted molar refractivity (Wildman–Crippen MR) is 183 cm³/mol. The molecular formula is C35H52N4O6S. The van der Waals surface area contributed by atoms with E-state index in [1.165, 1.54) is 17.1 Å². The Labute approximate surface area is 275 Å². The van der Waals surface area contributed by atoms with Crippen LogP contribution >= 0.6 is 0 Å². The third-order valence-corrected chi connectivity index (χ3v) is 8.81. The molecule has 0 heterocycles. The van der Waals surface area contributed by atoms with Crippen LogP contribution in [-0.2, 0) is 16.4 Å². The Bertz CT molecular complexity index is 1430. The predicted octanol–water partition coefficient (Wildman–Crippen LogP) is 4.32. The molecular weight excluding hydrogens is 604 g/mol. The van der Waals surface area contributed by atoms with Crippen molar-refractivity contribution in [2.75, 3.05) is 31.9 Å². The van der Waals surface area contributed by atoms with Crippen molar-refractivity contribution >= 4 is 21.8 Å². The molecule has 0 aliphatic rings. The average Bonchev–Trinajstić information content (AvgIpc) is 2.99. The summed E-state index contributed by atoms with van der Waals surface area (Å²) in [6.07, 6.45) is 2.13. The number of rotatable bonds is 19. The number of aromatic hydroxyl groups is 1. The highest BCUT2D eigenvalue weighted by Crippen LogP contribution is 2.17. The molecule has 0 fully saturated rings. The summed E-state index contributed by atoms with van der Waals surface area (Å²) >= 11 is 0. The number of aliphatic hydroxyl groups excluding tert-OH is 1. The highest BCUT2D eigenvalue weighted by molar-refractivity contribution is 7.89. The van der Waals surface area contributed by atoms with Crippen LogP contribution in [0.5, 0.6) is 5.75 Å². The number of hydrazine groups is 1. The van der Waals surface area contributed by atoms with Gasteiger partial charge in [0.1, 0.15) is 5.75 Å². The van der Waals surface area contributed by atoms with Gasteiger partial charge in [-0.2, -0.15) is 0 Å². The van der Waals surface area contributed by atoms with Crippen LogP contribution < -0.4 is 10.1 Å². The molecule has 0 spiro atoms. The lowest BCUT2D eigenvalue weighted by Crippen LogP contribution is -2.53. The van der Waals surface area contributed by atoms with Gasteiger partial charge in [0, 0.05) is 42.9 Å². The van der Waals surface area contributed by atoms with Gasteiger partial charge in [0.15, 0.2) is 0 Å². The Balaban J connectivity index is 2.45. The molecule has 2 amide bonds. The topological polar surface area (TPSA) is 139 Å². The van der Waals surface area contributed by atoms with Crippen LogP contribution in [0.2, 0.25) is 0 Å². The Hall–Kier alpha value is -3.43. The molecule has 2 atom stereocenters. The summed E-state index contributed by atoms with van der Waals surface area (Å²) < 4.78 is 25.6. The number of phenols is 1. The smallest absolute Gasteiger partial charge is 0.253 e. The molecule has 254 valence electrons. The maximum Gasteiger partial charge on any atom is 0.253 e. The summed E-state index contributed by atoms with van der Waals surface area (Å²) in [5.74, 6) is 5.04. The molecule has 10 nitrogen and oxygen atoms in total. The van der Waals surface area contributed by atoms with E-state index in [-0.39, 0.29) is 41.9 Å². The number of aliphatic hydroxyl groups is 1. The van der Waals surface area contributed by atoms with Crippen LogP contribution in [0.3, 0.4) is 0 Å². The summed E-state index contributed by atoms with van der Waals surface area (Å²) in [5, 5.41) is 25.7. The fraction of sp³-hybridized carbons (Fsp3) is 0.543. The second-order valence-corrected chi connectivity index (χ2v) is 13.8. The first-order valence-corrected chi connectivity index (χ1v) is 17.9. The second-order valence-electron chi connectivity index (χ2n) is 12.1. The van der Waals surface area contributed by atoms with Crippen LogP contribution in [0.25, 0.3) is 0 Å². The fourth-order valence-corrected chi connectivity index (χ4v) is 6.62. The third-order valence-electron chi connectivity index (χ3n) is 7.17. The minimum Gasteiger partial charge on any atom is -0.508 e. The molecule has 0 aliphatic heterocycles. The lowest BCUT2D eigenvalue weighted by atomic mass is 9.99. The quantitative estimate of drug-likeness (QED) is 0.131. The van der Waals surface area contributed by atoms with Gasteiger partial charge < -0.3 is 20.4 Å². The lowest BCUT2D eigenvalue weighted by Gasteiger charge is -2.30. The van der Waals surface area contributed by atoms with Crippen LogP contribution in [0.15, 0.2) is 42.5 Å². The molecule has 0 aromatic heterocycles. The number of hydrogen-bond acceptors (Lipinski definition) is 7. The third kappa shape index (κ3) is 13.1. The minimum atomic E-state index is -3.65. The van der Waals surface area contributed by atoms with Crippen molar-refractivity contribution in [1.29, 1.82) is 0 Å². The van der Waals surface area contributed by atoms with E-state index in [1.54, 1.807) is 42.2 Å². The van der Waals surface area contributed by atoms with Gasteiger partial charge >= 0.3 is 0 Å². The molecule has 4 N–H and O–H groups in total. The van der Waals surface area contributed by atoms with Gasteiger partial charge in [-0.15, -0.1) is 10.8 Å². The first-order valence-electron chi connectivity index (χ1n) is 16.2. The Morgan fingerprint density at radius 1 is 0.935 bits per heavy atom. The lowest BCUT2D eigenvalue weighted by molar-refractivity contribution is 0.0614. The van der Waals surface area contributed by atoms with Crippen molar-refractivity contribution in [2.45, 2.75) is 85.8 Å². The number of phenolic OH excluding ortho intramolecular Hbond substituents is 1. The van der Waals surface area contributed by atoms with Gasteiger partial charge in [-0.05, 0) is 74.4 Å². The van der Waals surface area contributed by atoms with Gasteiger partial charge in [-0.1, -0.05) is 59.1 Å². The minimum absolute atomic E-state index is 0.0641. The van der Waals surface area contributed by atoms with Gasteiger partial charge in [0.05, 0.1) is 17.9 Å². The highest BCUT2D eigenvalue weighted by Gasteiger charge is 2.27. The summed E-state index contributed by atoms with van der Waals surface area (Å²) in [4.78, 5) is 31.7. The average molecular weight is 657 g/mol. The zero-order valence-electron chi connectivity index (χ0n) is 28.2. The molecule has 11 heteroatoms. The van der Waals surface area contributed by atoms with E-state index in [4.69, 9.17) is 0 Å². The van der Waals surface area contributed by atoms with E-state index < -0.39 is 28.1 Å². The largest absolute Gasteiger partial charge is 0.508 e. The number of sulfonamides is 1. The van der Waals surface area contributed by atoms with Gasteiger partial charge in [-0.25, -0.2) is 13.4 Å². The first kappa shape index (κ1) is 38.8. The maximum absolute atomic E-state index is 13.8. The van der Waals surface area contributed by atoms with Gasteiger partial charge in [-0.3, -0.25) is 9.59 Å². The van der Waals surface area contributed by atoms with Crippen LogP contribution in [0, 0.1) is 17.8 Å². The SMILES string of the molecule is CC#Cc1cc(C(=O)NC(Cc2ccc(O)cc2)C(O)CN(CCCC)NS(=O)(=O)CC(C)C)cc(C(=O)N(CCC)CCC)c1. The zero-order valence-corrected chi connectivity index (χ0v) is 29.0. The van der Waals surface area contributed by atoms with E-state index in [1.807, 2.05) is 34.6 Å². The Morgan fingerprint density at radius 3 is 2.13 bits per heavy atom. The highest BCUT2D eigenvalue weighted by atomic mass is 32.2. The number of carbonyl (C=O) groups excluding carboxylic acids is 2. The molecule has 0 radical (unpaired) electrons. The number of amides is 2. The van der Waals surface area contributed by atoms with Crippen molar-refractivity contribution in [3.05, 3.63) is 64.7 Å². The van der Waals surface area contributed by atoms with Crippen LogP contribution in [0.4, 0.5) is 0 Å².